The molecule has 1 aliphatic rings. The summed E-state index contributed by atoms with van der Waals surface area (Å²) in [5.41, 5.74) is 2.45. The van der Waals surface area contributed by atoms with Gasteiger partial charge in [0, 0.05) is 10.1 Å². The maximum absolute atomic E-state index is 10.5. The van der Waals surface area contributed by atoms with Crippen molar-refractivity contribution in [2.24, 2.45) is 0 Å². The molecule has 0 amide bonds. The van der Waals surface area contributed by atoms with Gasteiger partial charge in [0.05, 0.1) is 12.9 Å². The lowest BCUT2D eigenvalue weighted by atomic mass is 10.1. The number of aliphatic hydroxyl groups excluding tert-OH is 1. The van der Waals surface area contributed by atoms with Crippen LogP contribution in [0.3, 0.4) is 0 Å². The largest absolute Gasteiger partial charge is 0.408 e. The second-order valence-electron chi connectivity index (χ2n) is 14.0. The van der Waals surface area contributed by atoms with Crippen molar-refractivity contribution in [1.82, 2.24) is 19.5 Å². The first-order valence-corrected chi connectivity index (χ1v) is 21.1. The normalized spacial score (nSPS) is 22.4. The molecule has 12 heteroatoms. The van der Waals surface area contributed by atoms with Gasteiger partial charge in [0.1, 0.15) is 24.6 Å². The highest BCUT2D eigenvalue weighted by atomic mass is 127. The van der Waals surface area contributed by atoms with Crippen molar-refractivity contribution in [2.75, 3.05) is 11.9 Å². The highest BCUT2D eigenvalue weighted by Gasteiger charge is 2.54. The predicted molar refractivity (Wildman–Crippen MR) is 177 cm³/mol. The molecule has 0 bridgehead atoms. The van der Waals surface area contributed by atoms with Gasteiger partial charge in [-0.3, -0.25) is 4.57 Å². The number of aliphatic hydroxyl groups is 1. The van der Waals surface area contributed by atoms with Crippen LogP contribution in [0.25, 0.3) is 11.2 Å². The van der Waals surface area contributed by atoms with E-state index in [-0.39, 0.29) is 16.7 Å². The molecular weight excluding hydrogens is 665 g/mol. The predicted octanol–water partition coefficient (Wildman–Crippen LogP) is 6.71. The first-order chi connectivity index (χ1) is 18.9. The van der Waals surface area contributed by atoms with Crippen LogP contribution in [-0.4, -0.2) is 66.2 Å². The average molecular weight is 712 g/mol. The third-order valence-electron chi connectivity index (χ3n) is 8.92. The van der Waals surface area contributed by atoms with Gasteiger partial charge in [-0.1, -0.05) is 53.7 Å². The van der Waals surface area contributed by atoms with Gasteiger partial charge in [0.15, 0.2) is 39.8 Å². The highest BCUT2D eigenvalue weighted by molar-refractivity contribution is 14.1. The number of hydrogen-bond acceptors (Lipinski definition) is 8. The standard InChI is InChI=1S/C29H46IN5O4Si2/c1-28(2,3)40(7,8)38-23-21(16-36)37-27(24(23)39-41(9,10)29(4,5)6)35-18-34-22-25(32-17-33-26(22)35)31-15-19-12-11-13-20(30)14-19/h11-14,17-18,21,23-24,27,36H,15-16H2,1-10H3,(H,31,32,33)/t21-,23-,24-,27-/m1/s1. The topological polar surface area (TPSA) is 104 Å². The van der Waals surface area contributed by atoms with E-state index in [1.807, 2.05) is 10.6 Å². The monoisotopic (exact) mass is 711 g/mol. The Morgan fingerprint density at radius 3 is 2.20 bits per heavy atom. The van der Waals surface area contributed by atoms with Gasteiger partial charge in [0.25, 0.3) is 0 Å². The molecule has 226 valence electrons. The fraction of sp³-hybridized carbons (Fsp3) is 0.621. The van der Waals surface area contributed by atoms with Crippen LogP contribution in [-0.2, 0) is 20.1 Å². The van der Waals surface area contributed by atoms with E-state index >= 15 is 0 Å². The second-order valence-corrected chi connectivity index (χ2v) is 24.7. The highest BCUT2D eigenvalue weighted by Crippen LogP contribution is 2.46. The smallest absolute Gasteiger partial charge is 0.192 e. The summed E-state index contributed by atoms with van der Waals surface area (Å²) < 4.78 is 23.7. The minimum Gasteiger partial charge on any atom is -0.408 e. The van der Waals surface area contributed by atoms with Crippen LogP contribution in [0.1, 0.15) is 53.3 Å². The number of nitrogens with one attached hydrogen (secondary N) is 1. The van der Waals surface area contributed by atoms with Gasteiger partial charge >= 0.3 is 0 Å². The van der Waals surface area contributed by atoms with E-state index in [2.05, 4.69) is 124 Å². The molecule has 4 rings (SSSR count). The molecule has 3 heterocycles. The third-order valence-corrected chi connectivity index (χ3v) is 18.5. The van der Waals surface area contributed by atoms with E-state index < -0.39 is 41.2 Å². The molecule has 9 nitrogen and oxygen atoms in total. The van der Waals surface area contributed by atoms with Crippen molar-refractivity contribution >= 4 is 56.2 Å². The molecule has 1 saturated heterocycles. The number of rotatable bonds is 9. The van der Waals surface area contributed by atoms with Gasteiger partial charge in [-0.05, 0) is 76.6 Å². The number of anilines is 1. The molecule has 0 aliphatic carbocycles. The number of ether oxygens (including phenoxy) is 1. The maximum atomic E-state index is 10.5. The lowest BCUT2D eigenvalue weighted by Gasteiger charge is -2.44. The molecule has 4 atom stereocenters. The number of halogens is 1. The quantitative estimate of drug-likeness (QED) is 0.187. The Kier molecular flexibility index (Phi) is 9.45. The van der Waals surface area contributed by atoms with E-state index in [0.29, 0.717) is 23.5 Å². The first-order valence-electron chi connectivity index (χ1n) is 14.2. The maximum Gasteiger partial charge on any atom is 0.192 e. The van der Waals surface area contributed by atoms with Crippen molar-refractivity contribution in [3.63, 3.8) is 0 Å². The van der Waals surface area contributed by atoms with E-state index in [0.717, 1.165) is 5.56 Å². The summed E-state index contributed by atoms with van der Waals surface area (Å²) in [4.78, 5) is 13.8. The second kappa shape index (κ2) is 11.9. The Balaban J connectivity index is 1.73. The van der Waals surface area contributed by atoms with Crippen LogP contribution >= 0.6 is 22.6 Å². The Bertz CT molecular complexity index is 1350. The fourth-order valence-electron chi connectivity index (χ4n) is 4.38. The summed E-state index contributed by atoms with van der Waals surface area (Å²) >= 11 is 2.32. The molecule has 0 saturated carbocycles. The van der Waals surface area contributed by atoms with Gasteiger partial charge in [-0.25, -0.2) is 15.0 Å². The van der Waals surface area contributed by atoms with Crippen molar-refractivity contribution in [3.8, 4) is 0 Å². The Hall–Kier alpha value is -1.43. The Morgan fingerprint density at radius 2 is 1.61 bits per heavy atom. The summed E-state index contributed by atoms with van der Waals surface area (Å²) in [5.74, 6) is 0.653. The van der Waals surface area contributed by atoms with Gasteiger partial charge in [0.2, 0.25) is 0 Å². The summed E-state index contributed by atoms with van der Waals surface area (Å²) in [5, 5.41) is 13.9. The minimum atomic E-state index is -2.27. The van der Waals surface area contributed by atoms with Gasteiger partial charge in [-0.2, -0.15) is 0 Å². The molecule has 2 N–H and O–H groups in total. The van der Waals surface area contributed by atoms with E-state index in [1.165, 1.54) is 3.57 Å². The molecule has 1 fully saturated rings. The molecule has 41 heavy (non-hydrogen) atoms. The summed E-state index contributed by atoms with van der Waals surface area (Å²) in [6.45, 7) is 22.7. The van der Waals surface area contributed by atoms with Crippen LogP contribution in [0.5, 0.6) is 0 Å². The number of hydrogen-bond donors (Lipinski definition) is 2. The van der Waals surface area contributed by atoms with Crippen molar-refractivity contribution in [2.45, 2.75) is 109 Å². The Morgan fingerprint density at radius 1 is 0.976 bits per heavy atom. The first kappa shape index (κ1) is 32.5. The molecule has 1 aromatic carbocycles. The number of imidazole rings is 1. The zero-order valence-electron chi connectivity index (χ0n) is 26.0. The lowest BCUT2D eigenvalue weighted by molar-refractivity contribution is -0.0491. The molecular formula is C29H46IN5O4Si2. The van der Waals surface area contributed by atoms with Crippen molar-refractivity contribution < 1.29 is 18.7 Å². The summed E-state index contributed by atoms with van der Waals surface area (Å²) in [6, 6.07) is 8.33. The lowest BCUT2D eigenvalue weighted by Crippen LogP contribution is -2.53. The fourth-order valence-corrected chi connectivity index (χ4v) is 7.59. The van der Waals surface area contributed by atoms with Crippen LogP contribution < -0.4 is 5.32 Å². The summed E-state index contributed by atoms with van der Waals surface area (Å²) in [6.07, 6.45) is 1.30. The van der Waals surface area contributed by atoms with Crippen LogP contribution in [0.15, 0.2) is 36.9 Å². The average Bonchev–Trinajstić information content (AvgIpc) is 3.42. The van der Waals surface area contributed by atoms with E-state index in [9.17, 15) is 5.11 Å². The molecule has 3 aromatic rings. The zero-order chi connectivity index (χ0) is 30.4. The van der Waals surface area contributed by atoms with Crippen LogP contribution in [0.2, 0.25) is 36.3 Å². The number of fused-ring (bicyclic) bond motifs is 1. The number of benzene rings is 1. The van der Waals surface area contributed by atoms with Gasteiger partial charge < -0.3 is 24.0 Å². The van der Waals surface area contributed by atoms with Crippen LogP contribution in [0.4, 0.5) is 5.82 Å². The van der Waals surface area contributed by atoms with E-state index in [1.54, 1.807) is 12.7 Å². The molecule has 0 unspecified atom stereocenters. The molecule has 0 spiro atoms. The van der Waals surface area contributed by atoms with Crippen molar-refractivity contribution in [1.29, 1.82) is 0 Å². The van der Waals surface area contributed by atoms with E-state index in [4.69, 9.17) is 18.6 Å². The minimum absolute atomic E-state index is 0.0149. The molecule has 0 radical (unpaired) electrons. The Labute approximate surface area is 260 Å². The zero-order valence-corrected chi connectivity index (χ0v) is 30.2. The van der Waals surface area contributed by atoms with Gasteiger partial charge in [-0.15, -0.1) is 0 Å². The summed E-state index contributed by atoms with van der Waals surface area (Å²) in [7, 11) is -4.50. The SMILES string of the molecule is CC(C)(C)[Si](C)(C)O[C@@H]1[C@H](O[Si](C)(C)C(C)(C)C)[C@@H](CO)O[C@H]1n1cnc2c(NCc3cccc(I)c3)ncnc21. The molecule has 2 aromatic heterocycles. The number of nitrogens with zero attached hydrogens (tertiary/aromatic N) is 4. The number of aromatic nitrogens is 4. The third kappa shape index (κ3) is 6.88. The van der Waals surface area contributed by atoms with Crippen molar-refractivity contribution in [3.05, 3.63) is 46.1 Å². The molecule has 1 aliphatic heterocycles. The van der Waals surface area contributed by atoms with Crippen LogP contribution in [0, 0.1) is 3.57 Å².